The van der Waals surface area contributed by atoms with Crippen LogP contribution in [0.4, 0.5) is 0 Å². The van der Waals surface area contributed by atoms with Crippen LogP contribution in [0.3, 0.4) is 0 Å². The number of likely N-dealkylation sites (N-methyl/N-ethyl adjacent to an activating group) is 1. The third kappa shape index (κ3) is 2.36. The number of aliphatic carboxylic acids is 1. The molecule has 0 bridgehead atoms. The summed E-state index contributed by atoms with van der Waals surface area (Å²) in [5.41, 5.74) is 0. The second-order valence-corrected chi connectivity index (χ2v) is 7.23. The molecule has 0 aliphatic heterocycles. The first-order chi connectivity index (χ1) is 8.13. The Hall–Kier alpha value is -1.11. The minimum atomic E-state index is -3.55. The molecule has 104 valence electrons. The van der Waals surface area contributed by atoms with Gasteiger partial charge in [-0.05, 0) is 19.8 Å². The zero-order valence-electron chi connectivity index (χ0n) is 10.8. The number of nitrogens with zero attached hydrogens (tertiary/aromatic N) is 1. The maximum Gasteiger partial charge on any atom is 0.326 e. The second-order valence-electron chi connectivity index (χ2n) is 4.90. The molecule has 0 aromatic carbocycles. The molecular formula is C11H19NO5S. The molecule has 0 spiro atoms. The van der Waals surface area contributed by atoms with Crippen LogP contribution in [0.15, 0.2) is 0 Å². The maximum absolute atomic E-state index is 12.3. The zero-order valence-corrected chi connectivity index (χ0v) is 11.7. The van der Waals surface area contributed by atoms with E-state index in [2.05, 4.69) is 0 Å². The number of carbonyl (C=O) groups excluding carboxylic acids is 1. The van der Waals surface area contributed by atoms with E-state index in [0.29, 0.717) is 12.8 Å². The highest BCUT2D eigenvalue weighted by Gasteiger charge is 2.52. The number of hydrogen-bond acceptors (Lipinski definition) is 4. The Morgan fingerprint density at radius 2 is 1.72 bits per heavy atom. The summed E-state index contributed by atoms with van der Waals surface area (Å²) in [6.07, 6.45) is 2.96. The van der Waals surface area contributed by atoms with Gasteiger partial charge in [0, 0.05) is 13.3 Å². The predicted molar refractivity (Wildman–Crippen MR) is 65.9 cm³/mol. The molecule has 1 rings (SSSR count). The lowest BCUT2D eigenvalue weighted by molar-refractivity contribution is -0.149. The lowest BCUT2D eigenvalue weighted by Gasteiger charge is -2.32. The largest absolute Gasteiger partial charge is 0.480 e. The molecule has 1 fully saturated rings. The minimum absolute atomic E-state index is 0.279. The van der Waals surface area contributed by atoms with E-state index in [1.165, 1.54) is 14.0 Å². The molecule has 0 heterocycles. The van der Waals surface area contributed by atoms with Crippen molar-refractivity contribution in [3.63, 3.8) is 0 Å². The van der Waals surface area contributed by atoms with Crippen LogP contribution in [0.2, 0.25) is 0 Å². The second kappa shape index (κ2) is 4.87. The van der Waals surface area contributed by atoms with Gasteiger partial charge in [0.1, 0.15) is 6.04 Å². The van der Waals surface area contributed by atoms with Gasteiger partial charge in [0.2, 0.25) is 5.91 Å². The zero-order chi connectivity index (χ0) is 14.1. The fraction of sp³-hybridized carbons (Fsp3) is 0.818. The first-order valence-corrected chi connectivity index (χ1v) is 7.72. The van der Waals surface area contributed by atoms with E-state index >= 15 is 0 Å². The van der Waals surface area contributed by atoms with Gasteiger partial charge in [-0.3, -0.25) is 4.79 Å². The molecule has 1 N–H and O–H groups in total. The molecule has 1 aliphatic carbocycles. The van der Waals surface area contributed by atoms with Crippen LogP contribution >= 0.6 is 0 Å². The highest BCUT2D eigenvalue weighted by Crippen LogP contribution is 2.38. The lowest BCUT2D eigenvalue weighted by atomic mass is 10.0. The van der Waals surface area contributed by atoms with Crippen molar-refractivity contribution < 1.29 is 23.1 Å². The standard InChI is InChI=1S/C11H19NO5S/c1-8(9(13)14)12(2)10(15)11(18(3,16)17)6-4-5-7-11/h8H,4-7H2,1-3H3,(H,13,14). The molecule has 1 amide bonds. The Bertz CT molecular complexity index is 450. The van der Waals surface area contributed by atoms with Crippen molar-refractivity contribution in [2.45, 2.75) is 43.4 Å². The summed E-state index contributed by atoms with van der Waals surface area (Å²) in [6.45, 7) is 1.37. The van der Waals surface area contributed by atoms with Gasteiger partial charge in [-0.1, -0.05) is 12.8 Å². The van der Waals surface area contributed by atoms with Gasteiger partial charge in [0.05, 0.1) is 0 Å². The summed E-state index contributed by atoms with van der Waals surface area (Å²) in [7, 11) is -2.21. The lowest BCUT2D eigenvalue weighted by Crippen LogP contribution is -2.54. The highest BCUT2D eigenvalue weighted by atomic mass is 32.2. The molecule has 7 heteroatoms. The van der Waals surface area contributed by atoms with Crippen molar-refractivity contribution in [2.24, 2.45) is 0 Å². The smallest absolute Gasteiger partial charge is 0.326 e. The van der Waals surface area contributed by atoms with Crippen LogP contribution in [0.1, 0.15) is 32.6 Å². The number of carboxylic acid groups (broad SMARTS) is 1. The summed E-state index contributed by atoms with van der Waals surface area (Å²) in [5, 5.41) is 8.89. The first-order valence-electron chi connectivity index (χ1n) is 5.83. The fourth-order valence-electron chi connectivity index (χ4n) is 2.35. The molecule has 1 unspecified atom stereocenters. The molecule has 1 aliphatic rings. The molecule has 1 atom stereocenters. The number of amides is 1. The van der Waals surface area contributed by atoms with Gasteiger partial charge in [-0.15, -0.1) is 0 Å². The Morgan fingerprint density at radius 1 is 1.28 bits per heavy atom. The SMILES string of the molecule is CC(C(=O)O)N(C)C(=O)C1(S(C)(=O)=O)CCCC1. The maximum atomic E-state index is 12.3. The van der Waals surface area contributed by atoms with Gasteiger partial charge in [-0.25, -0.2) is 13.2 Å². The van der Waals surface area contributed by atoms with Crippen LogP contribution in [0, 0.1) is 0 Å². The van der Waals surface area contributed by atoms with Crippen LogP contribution in [-0.2, 0) is 19.4 Å². The van der Waals surface area contributed by atoms with E-state index < -0.39 is 32.5 Å². The van der Waals surface area contributed by atoms with Gasteiger partial charge in [0.25, 0.3) is 0 Å². The van der Waals surface area contributed by atoms with E-state index in [1.54, 1.807) is 0 Å². The molecule has 1 saturated carbocycles. The minimum Gasteiger partial charge on any atom is -0.480 e. The van der Waals surface area contributed by atoms with Crippen LogP contribution in [0.25, 0.3) is 0 Å². The van der Waals surface area contributed by atoms with Crippen molar-refractivity contribution >= 4 is 21.7 Å². The van der Waals surface area contributed by atoms with Crippen molar-refractivity contribution in [3.05, 3.63) is 0 Å². The van der Waals surface area contributed by atoms with E-state index in [4.69, 9.17) is 5.11 Å². The normalized spacial score (nSPS) is 20.4. The quantitative estimate of drug-likeness (QED) is 0.796. The molecule has 0 radical (unpaired) electrons. The monoisotopic (exact) mass is 277 g/mol. The average molecular weight is 277 g/mol. The molecule has 0 aromatic rings. The summed E-state index contributed by atoms with van der Waals surface area (Å²) < 4.78 is 22.4. The predicted octanol–water partition coefficient (Wildman–Crippen LogP) is 0.275. The first kappa shape index (κ1) is 14.9. The van der Waals surface area contributed by atoms with Crippen LogP contribution < -0.4 is 0 Å². The summed E-state index contributed by atoms with van der Waals surface area (Å²) in [4.78, 5) is 24.2. The number of sulfone groups is 1. The third-order valence-corrected chi connectivity index (χ3v) is 5.77. The topological polar surface area (TPSA) is 91.8 Å². The Labute approximate surface area is 107 Å². The van der Waals surface area contributed by atoms with E-state index in [9.17, 15) is 18.0 Å². The molecule has 6 nitrogen and oxygen atoms in total. The molecule has 0 aromatic heterocycles. The van der Waals surface area contributed by atoms with Crippen molar-refractivity contribution in [2.75, 3.05) is 13.3 Å². The highest BCUT2D eigenvalue weighted by molar-refractivity contribution is 7.92. The van der Waals surface area contributed by atoms with Gasteiger partial charge < -0.3 is 10.0 Å². The molecular weight excluding hydrogens is 258 g/mol. The van der Waals surface area contributed by atoms with Crippen LogP contribution in [-0.4, -0.2) is 54.4 Å². The Balaban J connectivity index is 3.10. The van der Waals surface area contributed by atoms with E-state index in [0.717, 1.165) is 11.2 Å². The number of carboxylic acids is 1. The summed E-state index contributed by atoms with van der Waals surface area (Å²) >= 11 is 0. The average Bonchev–Trinajstić information content (AvgIpc) is 2.75. The van der Waals surface area contributed by atoms with Gasteiger partial charge >= 0.3 is 5.97 Å². The number of rotatable bonds is 4. The molecule has 18 heavy (non-hydrogen) atoms. The number of carbonyl (C=O) groups is 2. The third-order valence-electron chi connectivity index (χ3n) is 3.77. The van der Waals surface area contributed by atoms with Gasteiger partial charge in [0.15, 0.2) is 14.6 Å². The van der Waals surface area contributed by atoms with Gasteiger partial charge in [-0.2, -0.15) is 0 Å². The van der Waals surface area contributed by atoms with E-state index in [-0.39, 0.29) is 12.8 Å². The van der Waals surface area contributed by atoms with Crippen molar-refractivity contribution in [3.8, 4) is 0 Å². The summed E-state index contributed by atoms with van der Waals surface area (Å²) in [5.74, 6) is -1.75. The number of hydrogen-bond donors (Lipinski definition) is 1. The van der Waals surface area contributed by atoms with Crippen molar-refractivity contribution in [1.82, 2.24) is 4.90 Å². The Morgan fingerprint density at radius 3 is 2.06 bits per heavy atom. The molecule has 0 saturated heterocycles. The Kier molecular flexibility index (Phi) is 4.05. The van der Waals surface area contributed by atoms with E-state index in [1.807, 2.05) is 0 Å². The van der Waals surface area contributed by atoms with Crippen LogP contribution in [0.5, 0.6) is 0 Å². The summed E-state index contributed by atoms with van der Waals surface area (Å²) in [6, 6.07) is -1.03. The van der Waals surface area contributed by atoms with Crippen molar-refractivity contribution in [1.29, 1.82) is 0 Å². The fourth-order valence-corrected chi connectivity index (χ4v) is 3.84.